The number of benzene rings is 1. The Morgan fingerprint density at radius 2 is 2.00 bits per heavy atom. The molecule has 1 aromatic rings. The molecule has 0 saturated carbocycles. The van der Waals surface area contributed by atoms with Crippen LogP contribution in [-0.2, 0) is 4.79 Å². The molecular formula is C17H27NO3. The van der Waals surface area contributed by atoms with E-state index < -0.39 is 12.0 Å². The van der Waals surface area contributed by atoms with Crippen LogP contribution < -0.4 is 10.1 Å². The predicted octanol–water partition coefficient (Wildman–Crippen LogP) is 3.16. The van der Waals surface area contributed by atoms with E-state index in [1.807, 2.05) is 32.0 Å². The number of carboxylic acid groups (broad SMARTS) is 1. The zero-order valence-corrected chi connectivity index (χ0v) is 13.5. The van der Waals surface area contributed by atoms with Gasteiger partial charge in [-0.2, -0.15) is 0 Å². The molecule has 0 aliphatic carbocycles. The maximum Gasteiger partial charge on any atom is 0.320 e. The molecule has 1 unspecified atom stereocenters. The summed E-state index contributed by atoms with van der Waals surface area (Å²) in [7, 11) is 0. The van der Waals surface area contributed by atoms with E-state index in [4.69, 9.17) is 9.84 Å². The largest absolute Gasteiger partial charge is 0.494 e. The highest BCUT2D eigenvalue weighted by molar-refractivity contribution is 5.73. The van der Waals surface area contributed by atoms with Gasteiger partial charge >= 0.3 is 5.97 Å². The standard InChI is InChI=1S/C17H27NO3/c1-12(2)10-16(17(19)20)18-8-5-9-21-15-7-6-13(3)14(4)11-15/h6-7,11-12,16,18H,5,8-10H2,1-4H3,(H,19,20). The number of nitrogens with one attached hydrogen (secondary N) is 1. The number of carboxylic acids is 1. The normalized spacial score (nSPS) is 12.4. The van der Waals surface area contributed by atoms with Crippen LogP contribution in [0.25, 0.3) is 0 Å². The molecule has 4 heteroatoms. The molecule has 0 heterocycles. The molecule has 1 rings (SSSR count). The van der Waals surface area contributed by atoms with Gasteiger partial charge in [-0.15, -0.1) is 0 Å². The second-order valence-electron chi connectivity index (χ2n) is 5.92. The minimum Gasteiger partial charge on any atom is -0.494 e. The summed E-state index contributed by atoms with van der Waals surface area (Å²) in [5, 5.41) is 12.2. The number of rotatable bonds is 9. The second kappa shape index (κ2) is 8.67. The molecule has 118 valence electrons. The van der Waals surface area contributed by atoms with Gasteiger partial charge < -0.3 is 15.2 Å². The average Bonchev–Trinajstić information content (AvgIpc) is 2.40. The highest BCUT2D eigenvalue weighted by Crippen LogP contribution is 2.16. The zero-order valence-electron chi connectivity index (χ0n) is 13.5. The number of aliphatic carboxylic acids is 1. The van der Waals surface area contributed by atoms with Gasteiger partial charge in [-0.05, 0) is 62.4 Å². The van der Waals surface area contributed by atoms with Crippen molar-refractivity contribution < 1.29 is 14.6 Å². The van der Waals surface area contributed by atoms with Crippen molar-refractivity contribution in [3.8, 4) is 5.75 Å². The minimum atomic E-state index is -0.779. The molecule has 0 radical (unpaired) electrons. The SMILES string of the molecule is Cc1ccc(OCCCNC(CC(C)C)C(=O)O)cc1C. The molecule has 21 heavy (non-hydrogen) atoms. The summed E-state index contributed by atoms with van der Waals surface area (Å²) >= 11 is 0. The van der Waals surface area contributed by atoms with E-state index in [1.165, 1.54) is 11.1 Å². The highest BCUT2D eigenvalue weighted by atomic mass is 16.5. The molecule has 0 amide bonds. The van der Waals surface area contributed by atoms with E-state index >= 15 is 0 Å². The summed E-state index contributed by atoms with van der Waals surface area (Å²) in [6.45, 7) is 9.43. The fourth-order valence-corrected chi connectivity index (χ4v) is 2.09. The first-order valence-corrected chi connectivity index (χ1v) is 7.56. The van der Waals surface area contributed by atoms with Crippen LogP contribution in [0.15, 0.2) is 18.2 Å². The molecular weight excluding hydrogens is 266 g/mol. The third-order valence-corrected chi connectivity index (χ3v) is 3.46. The van der Waals surface area contributed by atoms with Gasteiger partial charge in [0.15, 0.2) is 0 Å². The van der Waals surface area contributed by atoms with E-state index in [-0.39, 0.29) is 0 Å². The van der Waals surface area contributed by atoms with Crippen LogP contribution in [0.5, 0.6) is 5.75 Å². The third kappa shape index (κ3) is 6.63. The molecule has 4 nitrogen and oxygen atoms in total. The van der Waals surface area contributed by atoms with Crippen LogP contribution in [0, 0.1) is 19.8 Å². The molecule has 0 spiro atoms. The third-order valence-electron chi connectivity index (χ3n) is 3.46. The van der Waals surface area contributed by atoms with Crippen molar-refractivity contribution >= 4 is 5.97 Å². The van der Waals surface area contributed by atoms with Gasteiger partial charge in [0.05, 0.1) is 6.61 Å². The Bertz CT molecular complexity index is 457. The summed E-state index contributed by atoms with van der Waals surface area (Å²) in [6, 6.07) is 5.58. The van der Waals surface area contributed by atoms with Crippen LogP contribution in [0.2, 0.25) is 0 Å². The second-order valence-corrected chi connectivity index (χ2v) is 5.92. The number of hydrogen-bond donors (Lipinski definition) is 2. The Balaban J connectivity index is 2.27. The summed E-state index contributed by atoms with van der Waals surface area (Å²) in [6.07, 6.45) is 1.43. The molecule has 0 bridgehead atoms. The lowest BCUT2D eigenvalue weighted by Gasteiger charge is -2.16. The van der Waals surface area contributed by atoms with Crippen molar-refractivity contribution in [2.45, 2.75) is 46.6 Å². The minimum absolute atomic E-state index is 0.366. The van der Waals surface area contributed by atoms with Gasteiger partial charge in [0, 0.05) is 0 Å². The number of ether oxygens (including phenoxy) is 1. The summed E-state index contributed by atoms with van der Waals surface area (Å²) in [5.41, 5.74) is 2.47. The fourth-order valence-electron chi connectivity index (χ4n) is 2.09. The van der Waals surface area contributed by atoms with Crippen LogP contribution in [0.4, 0.5) is 0 Å². The molecule has 0 aromatic heterocycles. The maximum absolute atomic E-state index is 11.1. The monoisotopic (exact) mass is 293 g/mol. The quantitative estimate of drug-likeness (QED) is 0.687. The van der Waals surface area contributed by atoms with Crippen molar-refractivity contribution in [3.63, 3.8) is 0 Å². The summed E-state index contributed by atoms with van der Waals surface area (Å²) in [4.78, 5) is 11.1. The van der Waals surface area contributed by atoms with Crippen molar-refractivity contribution in [2.24, 2.45) is 5.92 Å². The number of hydrogen-bond acceptors (Lipinski definition) is 3. The van der Waals surface area contributed by atoms with Crippen molar-refractivity contribution in [1.29, 1.82) is 0 Å². The smallest absolute Gasteiger partial charge is 0.320 e. The number of carbonyl (C=O) groups is 1. The zero-order chi connectivity index (χ0) is 15.8. The van der Waals surface area contributed by atoms with E-state index in [0.29, 0.717) is 25.5 Å². The van der Waals surface area contributed by atoms with Gasteiger partial charge in [-0.1, -0.05) is 19.9 Å². The average molecular weight is 293 g/mol. The maximum atomic E-state index is 11.1. The van der Waals surface area contributed by atoms with Crippen LogP contribution >= 0.6 is 0 Å². The molecule has 0 aliphatic heterocycles. The topological polar surface area (TPSA) is 58.6 Å². The van der Waals surface area contributed by atoms with Gasteiger partial charge in [0.2, 0.25) is 0 Å². The fraction of sp³-hybridized carbons (Fsp3) is 0.588. The Kier molecular flexibility index (Phi) is 7.23. The molecule has 1 aromatic carbocycles. The predicted molar refractivity (Wildman–Crippen MR) is 84.9 cm³/mol. The lowest BCUT2D eigenvalue weighted by Crippen LogP contribution is -2.38. The molecule has 0 aliphatic rings. The van der Waals surface area contributed by atoms with E-state index in [0.717, 1.165) is 12.2 Å². The summed E-state index contributed by atoms with van der Waals surface area (Å²) in [5.74, 6) is 0.458. The van der Waals surface area contributed by atoms with Crippen molar-refractivity contribution in [1.82, 2.24) is 5.32 Å². The molecule has 1 atom stereocenters. The lowest BCUT2D eigenvalue weighted by atomic mass is 10.0. The Morgan fingerprint density at radius 3 is 2.57 bits per heavy atom. The Morgan fingerprint density at radius 1 is 1.29 bits per heavy atom. The molecule has 0 saturated heterocycles. The van der Waals surface area contributed by atoms with Crippen LogP contribution in [-0.4, -0.2) is 30.3 Å². The van der Waals surface area contributed by atoms with Gasteiger partial charge in [0.1, 0.15) is 11.8 Å². The van der Waals surface area contributed by atoms with E-state index in [1.54, 1.807) is 0 Å². The van der Waals surface area contributed by atoms with Gasteiger partial charge in [-0.3, -0.25) is 4.79 Å². The van der Waals surface area contributed by atoms with Crippen molar-refractivity contribution in [2.75, 3.05) is 13.2 Å². The first-order valence-electron chi connectivity index (χ1n) is 7.56. The Labute approximate surface area is 127 Å². The molecule has 0 fully saturated rings. The van der Waals surface area contributed by atoms with Gasteiger partial charge in [-0.25, -0.2) is 0 Å². The highest BCUT2D eigenvalue weighted by Gasteiger charge is 2.17. The van der Waals surface area contributed by atoms with E-state index in [9.17, 15) is 4.79 Å². The van der Waals surface area contributed by atoms with Crippen LogP contribution in [0.3, 0.4) is 0 Å². The first kappa shape index (κ1) is 17.5. The summed E-state index contributed by atoms with van der Waals surface area (Å²) < 4.78 is 5.68. The van der Waals surface area contributed by atoms with E-state index in [2.05, 4.69) is 19.2 Å². The van der Waals surface area contributed by atoms with Crippen LogP contribution in [0.1, 0.15) is 37.8 Å². The Hall–Kier alpha value is -1.55. The van der Waals surface area contributed by atoms with Gasteiger partial charge in [0.25, 0.3) is 0 Å². The number of aryl methyl sites for hydroxylation is 2. The lowest BCUT2D eigenvalue weighted by molar-refractivity contribution is -0.139. The first-order chi connectivity index (χ1) is 9.90. The molecule has 2 N–H and O–H groups in total. The van der Waals surface area contributed by atoms with Crippen molar-refractivity contribution in [3.05, 3.63) is 29.3 Å².